The molecule has 1 aliphatic rings. The molecule has 2 heterocycles. The maximum atomic E-state index is 6.02. The maximum absolute atomic E-state index is 6.02. The van der Waals surface area contributed by atoms with E-state index in [2.05, 4.69) is 23.8 Å². The van der Waals surface area contributed by atoms with Crippen LogP contribution >= 0.6 is 23.5 Å². The van der Waals surface area contributed by atoms with Crippen LogP contribution < -0.4 is 5.73 Å². The van der Waals surface area contributed by atoms with E-state index >= 15 is 0 Å². The summed E-state index contributed by atoms with van der Waals surface area (Å²) in [5.41, 5.74) is 8.15. The van der Waals surface area contributed by atoms with Gasteiger partial charge in [0.15, 0.2) is 0 Å². The highest BCUT2D eigenvalue weighted by Gasteiger charge is 2.27. The van der Waals surface area contributed by atoms with Crippen molar-refractivity contribution in [3.05, 3.63) is 17.1 Å². The first-order valence-electron chi connectivity index (χ1n) is 5.99. The van der Waals surface area contributed by atoms with E-state index in [9.17, 15) is 0 Å². The molecule has 1 fully saturated rings. The smallest absolute Gasteiger partial charge is 0.145 e. The first-order chi connectivity index (χ1) is 8.13. The Morgan fingerprint density at radius 3 is 2.59 bits per heavy atom. The standard InChI is InChI=1S/C12H19N3S2/c1-4-9-7(2)14-12(15-11(9)13)10-8(3)16-5-6-17-10/h8,10H,4-6H2,1-3H3,(H2,13,14,15). The first-order valence-corrected chi connectivity index (χ1v) is 8.09. The van der Waals surface area contributed by atoms with Crippen molar-refractivity contribution >= 4 is 29.3 Å². The lowest BCUT2D eigenvalue weighted by Crippen LogP contribution is -2.19. The van der Waals surface area contributed by atoms with Gasteiger partial charge in [-0.2, -0.15) is 11.8 Å². The van der Waals surface area contributed by atoms with Crippen molar-refractivity contribution in [1.82, 2.24) is 9.97 Å². The molecular formula is C12H19N3S2. The van der Waals surface area contributed by atoms with Gasteiger partial charge in [0.25, 0.3) is 0 Å². The van der Waals surface area contributed by atoms with Crippen LogP contribution in [0.5, 0.6) is 0 Å². The lowest BCUT2D eigenvalue weighted by Gasteiger charge is -2.27. The summed E-state index contributed by atoms with van der Waals surface area (Å²) in [5.74, 6) is 3.99. The number of rotatable bonds is 2. The zero-order chi connectivity index (χ0) is 12.4. The minimum atomic E-state index is 0.389. The van der Waals surface area contributed by atoms with Crippen LogP contribution in [0.3, 0.4) is 0 Å². The van der Waals surface area contributed by atoms with Crippen molar-refractivity contribution in [2.45, 2.75) is 37.7 Å². The second kappa shape index (κ2) is 5.48. The summed E-state index contributed by atoms with van der Waals surface area (Å²) in [6.45, 7) is 6.38. The summed E-state index contributed by atoms with van der Waals surface area (Å²) < 4.78 is 0. The molecule has 5 heteroatoms. The Bertz CT molecular complexity index is 386. The fourth-order valence-electron chi connectivity index (χ4n) is 2.12. The van der Waals surface area contributed by atoms with Crippen molar-refractivity contribution in [2.75, 3.05) is 17.2 Å². The van der Waals surface area contributed by atoms with Gasteiger partial charge >= 0.3 is 0 Å². The van der Waals surface area contributed by atoms with Crippen LogP contribution in [0.1, 0.15) is 36.2 Å². The predicted molar refractivity (Wildman–Crippen MR) is 77.7 cm³/mol. The van der Waals surface area contributed by atoms with Gasteiger partial charge in [-0.25, -0.2) is 9.97 Å². The van der Waals surface area contributed by atoms with Gasteiger partial charge in [0.1, 0.15) is 11.6 Å². The summed E-state index contributed by atoms with van der Waals surface area (Å²) >= 11 is 3.95. The Labute approximate surface area is 111 Å². The number of hydrogen-bond acceptors (Lipinski definition) is 5. The molecule has 0 aromatic carbocycles. The molecule has 0 aliphatic carbocycles. The highest BCUT2D eigenvalue weighted by Crippen LogP contribution is 2.41. The molecule has 2 atom stereocenters. The van der Waals surface area contributed by atoms with E-state index in [0.717, 1.165) is 23.5 Å². The number of nitrogens with two attached hydrogens (primary N) is 1. The summed E-state index contributed by atoms with van der Waals surface area (Å²) in [5, 5.41) is 0.959. The summed E-state index contributed by atoms with van der Waals surface area (Å²) in [6.07, 6.45) is 0.903. The van der Waals surface area contributed by atoms with Crippen LogP contribution in [-0.2, 0) is 6.42 Å². The monoisotopic (exact) mass is 269 g/mol. The lowest BCUT2D eigenvalue weighted by atomic mass is 10.1. The number of thioether (sulfide) groups is 2. The van der Waals surface area contributed by atoms with Crippen molar-refractivity contribution in [2.24, 2.45) is 0 Å². The second-order valence-electron chi connectivity index (χ2n) is 4.25. The quantitative estimate of drug-likeness (QED) is 0.894. The molecule has 0 amide bonds. The van der Waals surface area contributed by atoms with Crippen LogP contribution in [0.15, 0.2) is 0 Å². The van der Waals surface area contributed by atoms with Gasteiger partial charge in [0, 0.05) is 28.0 Å². The van der Waals surface area contributed by atoms with Gasteiger partial charge in [-0.05, 0) is 13.3 Å². The molecule has 1 aromatic heterocycles. The Hall–Kier alpha value is -0.420. The largest absolute Gasteiger partial charge is 0.383 e. The van der Waals surface area contributed by atoms with E-state index in [1.54, 1.807) is 0 Å². The molecule has 3 nitrogen and oxygen atoms in total. The summed E-state index contributed by atoms with van der Waals surface area (Å²) in [4.78, 5) is 9.16. The molecule has 0 radical (unpaired) electrons. The average molecular weight is 269 g/mol. The van der Waals surface area contributed by atoms with Crippen molar-refractivity contribution in [1.29, 1.82) is 0 Å². The number of aromatic nitrogens is 2. The van der Waals surface area contributed by atoms with Crippen LogP contribution in [0, 0.1) is 6.92 Å². The minimum absolute atomic E-state index is 0.389. The Balaban J connectivity index is 2.32. The van der Waals surface area contributed by atoms with Gasteiger partial charge in [-0.1, -0.05) is 13.8 Å². The first kappa shape index (κ1) is 13.0. The molecule has 2 rings (SSSR count). The summed E-state index contributed by atoms with van der Waals surface area (Å²) in [7, 11) is 0. The van der Waals surface area contributed by atoms with Crippen molar-refractivity contribution < 1.29 is 0 Å². The third-order valence-corrected chi connectivity index (χ3v) is 6.15. The molecule has 0 spiro atoms. The van der Waals surface area contributed by atoms with Crippen LogP contribution in [0.25, 0.3) is 0 Å². The van der Waals surface area contributed by atoms with Gasteiger partial charge in [-0.3, -0.25) is 0 Å². The Morgan fingerprint density at radius 2 is 2.00 bits per heavy atom. The fraction of sp³-hybridized carbons (Fsp3) is 0.667. The second-order valence-corrected chi connectivity index (χ2v) is 6.99. The van der Waals surface area contributed by atoms with Gasteiger partial charge in [0.05, 0.1) is 5.25 Å². The lowest BCUT2D eigenvalue weighted by molar-refractivity contribution is 0.808. The number of anilines is 1. The van der Waals surface area contributed by atoms with Crippen LogP contribution in [0.4, 0.5) is 5.82 Å². The number of nitrogen functional groups attached to an aromatic ring is 1. The fourth-order valence-corrected chi connectivity index (χ4v) is 4.81. The summed E-state index contributed by atoms with van der Waals surface area (Å²) in [6, 6.07) is 0. The highest BCUT2D eigenvalue weighted by atomic mass is 32.2. The van der Waals surface area contributed by atoms with Crippen LogP contribution in [-0.4, -0.2) is 26.7 Å². The van der Waals surface area contributed by atoms with Crippen LogP contribution in [0.2, 0.25) is 0 Å². The van der Waals surface area contributed by atoms with E-state index in [1.165, 1.54) is 11.5 Å². The molecule has 94 valence electrons. The molecule has 2 N–H and O–H groups in total. The zero-order valence-electron chi connectivity index (χ0n) is 10.6. The molecule has 17 heavy (non-hydrogen) atoms. The third-order valence-electron chi connectivity index (χ3n) is 3.06. The van der Waals surface area contributed by atoms with E-state index < -0.39 is 0 Å². The van der Waals surface area contributed by atoms with E-state index in [0.29, 0.717) is 16.3 Å². The van der Waals surface area contributed by atoms with Gasteiger partial charge in [-0.15, -0.1) is 11.8 Å². The minimum Gasteiger partial charge on any atom is -0.383 e. The topological polar surface area (TPSA) is 51.8 Å². The highest BCUT2D eigenvalue weighted by molar-refractivity contribution is 8.06. The zero-order valence-corrected chi connectivity index (χ0v) is 12.2. The number of aryl methyl sites for hydroxylation is 1. The molecule has 2 unspecified atom stereocenters. The molecular weight excluding hydrogens is 250 g/mol. The number of hydrogen-bond donors (Lipinski definition) is 1. The Morgan fingerprint density at radius 1 is 1.29 bits per heavy atom. The van der Waals surface area contributed by atoms with Crippen molar-refractivity contribution in [3.63, 3.8) is 0 Å². The molecule has 1 aliphatic heterocycles. The predicted octanol–water partition coefficient (Wildman–Crippen LogP) is 2.84. The van der Waals surface area contributed by atoms with Crippen molar-refractivity contribution in [3.8, 4) is 0 Å². The average Bonchev–Trinajstić information content (AvgIpc) is 2.29. The molecule has 0 bridgehead atoms. The molecule has 1 aromatic rings. The maximum Gasteiger partial charge on any atom is 0.145 e. The molecule has 0 saturated carbocycles. The normalized spacial score (nSPS) is 24.9. The SMILES string of the molecule is CCc1c(C)nc(C2SCCSC2C)nc1N. The number of nitrogens with zero attached hydrogens (tertiary/aromatic N) is 2. The Kier molecular flexibility index (Phi) is 4.20. The third kappa shape index (κ3) is 2.71. The van der Waals surface area contributed by atoms with Gasteiger partial charge in [0.2, 0.25) is 0 Å². The molecule has 1 saturated heterocycles. The van der Waals surface area contributed by atoms with E-state index in [-0.39, 0.29) is 0 Å². The van der Waals surface area contributed by atoms with E-state index in [1.807, 2.05) is 30.4 Å². The van der Waals surface area contributed by atoms with E-state index in [4.69, 9.17) is 5.73 Å². The van der Waals surface area contributed by atoms with Gasteiger partial charge < -0.3 is 5.73 Å².